The van der Waals surface area contributed by atoms with Gasteiger partial charge in [0.05, 0.1) is 46.2 Å². The summed E-state index contributed by atoms with van der Waals surface area (Å²) in [6, 6.07) is 0. The largest absolute Gasteiger partial charge is 0.379 e. The smallest absolute Gasteiger partial charge is 0.220 e. The molecule has 0 aliphatic rings. The van der Waals surface area contributed by atoms with Crippen LogP contribution in [0.25, 0.3) is 0 Å². The Kier molecular flexibility index (Phi) is 17.8. The van der Waals surface area contributed by atoms with Crippen LogP contribution in [0.2, 0.25) is 0 Å². The highest BCUT2D eigenvalue weighted by atomic mass is 16.6. The summed E-state index contributed by atoms with van der Waals surface area (Å²) in [7, 11) is 0. The van der Waals surface area contributed by atoms with E-state index in [4.69, 9.17) is 24.7 Å². The zero-order valence-corrected chi connectivity index (χ0v) is 17.2. The van der Waals surface area contributed by atoms with Crippen molar-refractivity contribution >= 4 is 18.1 Å². The Balaban J connectivity index is 3.27. The fraction of sp³-hybridized carbons (Fsp3) is 0.842. The first-order valence-corrected chi connectivity index (χ1v) is 9.79. The van der Waals surface area contributed by atoms with E-state index in [9.17, 15) is 14.4 Å². The molecule has 2 amide bonds. The van der Waals surface area contributed by atoms with Gasteiger partial charge in [-0.3, -0.25) is 9.59 Å². The van der Waals surface area contributed by atoms with E-state index in [0.29, 0.717) is 65.8 Å². The standard InChI is InChI=1S/C19H36N2O7/c1-16(2)17(19(20)24)5-8-25-10-12-27-14-15-28-13-11-26-9-6-21-18(23)4-3-7-22/h7,16-17H,3-6,8-15H2,1-2H3,(H2,20,24)(H,21,23). The normalized spacial score (nSPS) is 12.1. The third-order valence-electron chi connectivity index (χ3n) is 3.92. The summed E-state index contributed by atoms with van der Waals surface area (Å²) in [6.45, 7) is 7.98. The lowest BCUT2D eigenvalue weighted by atomic mass is 9.92. The Labute approximate surface area is 167 Å². The van der Waals surface area contributed by atoms with Gasteiger partial charge in [0, 0.05) is 31.9 Å². The van der Waals surface area contributed by atoms with Crippen LogP contribution in [0.5, 0.6) is 0 Å². The van der Waals surface area contributed by atoms with Gasteiger partial charge in [-0.2, -0.15) is 0 Å². The Morgan fingerprint density at radius 3 is 1.86 bits per heavy atom. The number of nitrogens with one attached hydrogen (secondary N) is 1. The molecular weight excluding hydrogens is 368 g/mol. The van der Waals surface area contributed by atoms with E-state index in [1.807, 2.05) is 13.8 Å². The van der Waals surface area contributed by atoms with Crippen LogP contribution in [0.3, 0.4) is 0 Å². The van der Waals surface area contributed by atoms with Crippen molar-refractivity contribution in [1.82, 2.24) is 5.32 Å². The van der Waals surface area contributed by atoms with Gasteiger partial charge in [0.15, 0.2) is 0 Å². The first-order valence-electron chi connectivity index (χ1n) is 9.79. The number of rotatable bonds is 20. The second-order valence-corrected chi connectivity index (χ2v) is 6.55. The van der Waals surface area contributed by atoms with Gasteiger partial charge >= 0.3 is 0 Å². The topological polar surface area (TPSA) is 126 Å². The quantitative estimate of drug-likeness (QED) is 0.221. The Hall–Kier alpha value is -1.55. The molecular formula is C19H36N2O7. The van der Waals surface area contributed by atoms with Gasteiger partial charge in [0.1, 0.15) is 6.29 Å². The van der Waals surface area contributed by atoms with Crippen LogP contribution in [0.4, 0.5) is 0 Å². The Bertz CT molecular complexity index is 419. The molecule has 28 heavy (non-hydrogen) atoms. The Morgan fingerprint density at radius 2 is 1.39 bits per heavy atom. The minimum absolute atomic E-state index is 0.152. The van der Waals surface area contributed by atoms with Crippen LogP contribution in [0, 0.1) is 11.8 Å². The minimum atomic E-state index is -0.282. The molecule has 0 radical (unpaired) electrons. The van der Waals surface area contributed by atoms with E-state index in [1.165, 1.54) is 0 Å². The van der Waals surface area contributed by atoms with Crippen LogP contribution < -0.4 is 11.1 Å². The number of carbonyl (C=O) groups excluding carboxylic acids is 3. The van der Waals surface area contributed by atoms with Crippen molar-refractivity contribution in [2.75, 3.05) is 59.4 Å². The molecule has 0 aliphatic carbocycles. The second kappa shape index (κ2) is 18.8. The summed E-state index contributed by atoms with van der Waals surface area (Å²) in [5.41, 5.74) is 5.35. The average Bonchev–Trinajstić information content (AvgIpc) is 2.65. The monoisotopic (exact) mass is 404 g/mol. The number of primary amides is 1. The minimum Gasteiger partial charge on any atom is -0.379 e. The molecule has 0 saturated heterocycles. The van der Waals surface area contributed by atoms with Crippen molar-refractivity contribution in [2.24, 2.45) is 17.6 Å². The molecule has 3 N–H and O–H groups in total. The van der Waals surface area contributed by atoms with Crippen LogP contribution in [0.1, 0.15) is 33.1 Å². The molecule has 0 rings (SSSR count). The van der Waals surface area contributed by atoms with Gasteiger partial charge in [0.2, 0.25) is 11.8 Å². The molecule has 1 atom stereocenters. The van der Waals surface area contributed by atoms with Crippen LogP contribution in [-0.2, 0) is 33.3 Å². The lowest BCUT2D eigenvalue weighted by Gasteiger charge is -2.16. The molecule has 0 aliphatic heterocycles. The van der Waals surface area contributed by atoms with Gasteiger partial charge in [-0.15, -0.1) is 0 Å². The van der Waals surface area contributed by atoms with Gasteiger partial charge in [-0.25, -0.2) is 0 Å². The van der Waals surface area contributed by atoms with Crippen molar-refractivity contribution in [2.45, 2.75) is 33.1 Å². The second-order valence-electron chi connectivity index (χ2n) is 6.55. The zero-order valence-electron chi connectivity index (χ0n) is 17.2. The summed E-state index contributed by atoms with van der Waals surface area (Å²) in [5.74, 6) is -0.378. The third kappa shape index (κ3) is 16.6. The molecule has 0 fully saturated rings. The molecule has 0 saturated carbocycles. The molecule has 1 unspecified atom stereocenters. The van der Waals surface area contributed by atoms with Crippen molar-refractivity contribution < 1.29 is 33.3 Å². The van der Waals surface area contributed by atoms with E-state index in [-0.39, 0.29) is 36.5 Å². The first-order chi connectivity index (χ1) is 13.5. The highest BCUT2D eigenvalue weighted by Gasteiger charge is 2.18. The number of ether oxygens (including phenoxy) is 4. The van der Waals surface area contributed by atoms with Gasteiger partial charge in [0.25, 0.3) is 0 Å². The van der Waals surface area contributed by atoms with Gasteiger partial charge < -0.3 is 34.8 Å². The maximum Gasteiger partial charge on any atom is 0.220 e. The summed E-state index contributed by atoms with van der Waals surface area (Å²) in [5, 5.41) is 2.66. The van der Waals surface area contributed by atoms with Gasteiger partial charge in [-0.1, -0.05) is 13.8 Å². The molecule has 0 bridgehead atoms. The molecule has 0 aromatic heterocycles. The summed E-state index contributed by atoms with van der Waals surface area (Å²) >= 11 is 0. The van der Waals surface area contributed by atoms with E-state index in [2.05, 4.69) is 5.32 Å². The highest BCUT2D eigenvalue weighted by molar-refractivity contribution is 5.78. The molecule has 9 heteroatoms. The number of hydrogen-bond acceptors (Lipinski definition) is 7. The maximum absolute atomic E-state index is 11.3. The number of hydrogen-bond donors (Lipinski definition) is 2. The first kappa shape index (κ1) is 26.4. The van der Waals surface area contributed by atoms with Crippen molar-refractivity contribution in [1.29, 1.82) is 0 Å². The lowest BCUT2D eigenvalue weighted by molar-refractivity contribution is -0.124. The summed E-state index contributed by atoms with van der Waals surface area (Å²) < 4.78 is 21.5. The average molecular weight is 405 g/mol. The maximum atomic E-state index is 11.3. The van der Waals surface area contributed by atoms with Crippen molar-refractivity contribution in [3.63, 3.8) is 0 Å². The van der Waals surface area contributed by atoms with E-state index < -0.39 is 0 Å². The molecule has 164 valence electrons. The SMILES string of the molecule is CC(C)C(CCOCCOCCOCCOCCNC(=O)CCC=O)C(N)=O. The number of carbonyl (C=O) groups is 3. The number of aldehydes is 1. The lowest BCUT2D eigenvalue weighted by Crippen LogP contribution is -2.28. The Morgan fingerprint density at radius 1 is 0.893 bits per heavy atom. The molecule has 9 nitrogen and oxygen atoms in total. The third-order valence-corrected chi connectivity index (χ3v) is 3.92. The summed E-state index contributed by atoms with van der Waals surface area (Å²) in [4.78, 5) is 32.6. The van der Waals surface area contributed by atoms with Gasteiger partial charge in [-0.05, 0) is 12.3 Å². The van der Waals surface area contributed by atoms with E-state index in [0.717, 1.165) is 6.29 Å². The molecule has 0 aromatic carbocycles. The predicted octanol–water partition coefficient (Wildman–Crippen LogP) is 0.296. The van der Waals surface area contributed by atoms with E-state index >= 15 is 0 Å². The molecule has 0 spiro atoms. The predicted molar refractivity (Wildman–Crippen MR) is 104 cm³/mol. The number of amides is 2. The fourth-order valence-corrected chi connectivity index (χ4v) is 2.32. The van der Waals surface area contributed by atoms with Crippen LogP contribution in [-0.4, -0.2) is 77.5 Å². The highest BCUT2D eigenvalue weighted by Crippen LogP contribution is 2.14. The zero-order chi connectivity index (χ0) is 21.0. The van der Waals surface area contributed by atoms with Crippen molar-refractivity contribution in [3.8, 4) is 0 Å². The number of nitrogens with two attached hydrogens (primary N) is 1. The van der Waals surface area contributed by atoms with E-state index in [1.54, 1.807) is 0 Å². The molecule has 0 aromatic rings. The van der Waals surface area contributed by atoms with Crippen LogP contribution in [0.15, 0.2) is 0 Å². The summed E-state index contributed by atoms with van der Waals surface area (Å²) in [6.07, 6.45) is 1.80. The molecule has 0 heterocycles. The van der Waals surface area contributed by atoms with Crippen molar-refractivity contribution in [3.05, 3.63) is 0 Å². The van der Waals surface area contributed by atoms with Crippen LogP contribution >= 0.6 is 0 Å². The fourth-order valence-electron chi connectivity index (χ4n) is 2.32.